The number of hydrogen-bond acceptors (Lipinski definition) is 4. The first-order valence-electron chi connectivity index (χ1n) is 9.94. The normalized spacial score (nSPS) is 14.5. The van der Waals surface area contributed by atoms with Crippen molar-refractivity contribution in [3.8, 4) is 11.3 Å². The Bertz CT molecular complexity index is 793. The first-order valence-corrected chi connectivity index (χ1v) is 9.94. The highest BCUT2D eigenvalue weighted by atomic mass is 16.2. The molecule has 3 rings (SSSR count). The van der Waals surface area contributed by atoms with Crippen molar-refractivity contribution in [1.29, 1.82) is 0 Å². The summed E-state index contributed by atoms with van der Waals surface area (Å²) in [5, 5.41) is 8.94. The number of rotatable bonds is 5. The summed E-state index contributed by atoms with van der Waals surface area (Å²) in [5.41, 5.74) is 5.84. The number of amides is 1. The van der Waals surface area contributed by atoms with Crippen molar-refractivity contribution in [3.05, 3.63) is 41.0 Å². The highest BCUT2D eigenvalue weighted by Crippen LogP contribution is 2.25. The minimum Gasteiger partial charge on any atom is -0.352 e. The van der Waals surface area contributed by atoms with Crippen LogP contribution in [0.25, 0.3) is 11.3 Å². The van der Waals surface area contributed by atoms with E-state index in [9.17, 15) is 4.79 Å². The van der Waals surface area contributed by atoms with Crippen LogP contribution >= 0.6 is 0 Å². The van der Waals surface area contributed by atoms with E-state index in [0.717, 1.165) is 56.1 Å². The zero-order valence-electron chi connectivity index (χ0n) is 17.0. The summed E-state index contributed by atoms with van der Waals surface area (Å²) >= 11 is 0. The second kappa shape index (κ2) is 8.51. The average molecular weight is 367 g/mol. The van der Waals surface area contributed by atoms with Gasteiger partial charge in [0.15, 0.2) is 5.82 Å². The molecule has 1 amide bonds. The zero-order valence-corrected chi connectivity index (χ0v) is 17.0. The molecule has 5 heteroatoms. The minimum atomic E-state index is 0.281. The Morgan fingerprint density at radius 1 is 0.963 bits per heavy atom. The third-order valence-corrected chi connectivity index (χ3v) is 5.47. The standard InChI is InChI=1S/C22H30N4O/c1-5-6-7-22(27)26-12-10-25(11-13-26)21-9-8-20(23-24-21)19-15-17(3)16(2)14-18(19)4/h8-9,14-15H,5-7,10-13H2,1-4H3. The first-order chi connectivity index (χ1) is 13.0. The average Bonchev–Trinajstić information content (AvgIpc) is 2.69. The Balaban J connectivity index is 1.65. The van der Waals surface area contributed by atoms with Crippen LogP contribution in [-0.4, -0.2) is 47.2 Å². The molecule has 1 aliphatic rings. The number of carbonyl (C=O) groups is 1. The third-order valence-electron chi connectivity index (χ3n) is 5.47. The number of piperazine rings is 1. The van der Waals surface area contributed by atoms with Crippen molar-refractivity contribution in [2.45, 2.75) is 47.0 Å². The lowest BCUT2D eigenvalue weighted by molar-refractivity contribution is -0.131. The molecule has 144 valence electrons. The highest BCUT2D eigenvalue weighted by molar-refractivity contribution is 5.76. The first kappa shape index (κ1) is 19.3. The van der Waals surface area contributed by atoms with E-state index in [1.54, 1.807) is 0 Å². The van der Waals surface area contributed by atoms with Crippen LogP contribution in [0.3, 0.4) is 0 Å². The van der Waals surface area contributed by atoms with E-state index in [-0.39, 0.29) is 5.91 Å². The molecule has 27 heavy (non-hydrogen) atoms. The summed E-state index contributed by atoms with van der Waals surface area (Å²) in [5.74, 6) is 1.17. The number of unbranched alkanes of at least 4 members (excludes halogenated alkanes) is 1. The summed E-state index contributed by atoms with van der Waals surface area (Å²) in [7, 11) is 0. The van der Waals surface area contributed by atoms with E-state index in [0.29, 0.717) is 6.42 Å². The van der Waals surface area contributed by atoms with E-state index in [4.69, 9.17) is 0 Å². The lowest BCUT2D eigenvalue weighted by Crippen LogP contribution is -2.49. The van der Waals surface area contributed by atoms with Crippen LogP contribution in [0.2, 0.25) is 0 Å². The van der Waals surface area contributed by atoms with Crippen LogP contribution in [0.1, 0.15) is 42.9 Å². The number of hydrogen-bond donors (Lipinski definition) is 0. The van der Waals surface area contributed by atoms with E-state index in [2.05, 4.69) is 61.0 Å². The Morgan fingerprint density at radius 2 is 1.67 bits per heavy atom. The molecule has 0 unspecified atom stereocenters. The molecule has 0 spiro atoms. The summed E-state index contributed by atoms with van der Waals surface area (Å²) in [6.07, 6.45) is 2.71. The fourth-order valence-corrected chi connectivity index (χ4v) is 3.55. The van der Waals surface area contributed by atoms with Crippen LogP contribution in [-0.2, 0) is 4.79 Å². The lowest BCUT2D eigenvalue weighted by Gasteiger charge is -2.35. The second-order valence-electron chi connectivity index (χ2n) is 7.50. The van der Waals surface area contributed by atoms with Gasteiger partial charge in [0.05, 0.1) is 5.69 Å². The Hall–Kier alpha value is -2.43. The molecule has 0 radical (unpaired) electrons. The van der Waals surface area contributed by atoms with Gasteiger partial charge < -0.3 is 9.80 Å². The summed E-state index contributed by atoms with van der Waals surface area (Å²) in [6.45, 7) is 11.7. The van der Waals surface area contributed by atoms with Crippen molar-refractivity contribution >= 4 is 11.7 Å². The maximum Gasteiger partial charge on any atom is 0.222 e. The van der Waals surface area contributed by atoms with Crippen LogP contribution in [0.4, 0.5) is 5.82 Å². The minimum absolute atomic E-state index is 0.281. The smallest absolute Gasteiger partial charge is 0.222 e. The molecular formula is C22H30N4O. The van der Waals surface area contributed by atoms with E-state index >= 15 is 0 Å². The molecule has 1 aromatic heterocycles. The van der Waals surface area contributed by atoms with Gasteiger partial charge in [-0.15, -0.1) is 10.2 Å². The van der Waals surface area contributed by atoms with E-state index < -0.39 is 0 Å². The fourth-order valence-electron chi connectivity index (χ4n) is 3.55. The predicted octanol–water partition coefficient (Wildman–Crippen LogP) is 3.91. The van der Waals surface area contributed by atoms with Crippen molar-refractivity contribution < 1.29 is 4.79 Å². The third kappa shape index (κ3) is 4.46. The molecule has 2 aromatic rings. The molecule has 0 N–H and O–H groups in total. The summed E-state index contributed by atoms with van der Waals surface area (Å²) in [6, 6.07) is 8.49. The predicted molar refractivity (Wildman–Crippen MR) is 110 cm³/mol. The van der Waals surface area contributed by atoms with Crippen molar-refractivity contribution in [1.82, 2.24) is 15.1 Å². The molecule has 0 aliphatic carbocycles. The van der Waals surface area contributed by atoms with Gasteiger partial charge in [-0.25, -0.2) is 0 Å². The number of aromatic nitrogens is 2. The molecule has 1 aromatic carbocycles. The quantitative estimate of drug-likeness (QED) is 0.805. The van der Waals surface area contributed by atoms with Gasteiger partial charge in [-0.3, -0.25) is 4.79 Å². The monoisotopic (exact) mass is 366 g/mol. The van der Waals surface area contributed by atoms with Crippen molar-refractivity contribution in [2.75, 3.05) is 31.1 Å². The molecule has 0 saturated carbocycles. The molecule has 0 bridgehead atoms. The molecule has 1 saturated heterocycles. The number of anilines is 1. The lowest BCUT2D eigenvalue weighted by atomic mass is 9.99. The topological polar surface area (TPSA) is 49.3 Å². The van der Waals surface area contributed by atoms with E-state index in [1.807, 2.05) is 11.0 Å². The van der Waals surface area contributed by atoms with Crippen LogP contribution in [0, 0.1) is 20.8 Å². The maximum atomic E-state index is 12.2. The van der Waals surface area contributed by atoms with Gasteiger partial charge in [0.2, 0.25) is 5.91 Å². The highest BCUT2D eigenvalue weighted by Gasteiger charge is 2.21. The van der Waals surface area contributed by atoms with Gasteiger partial charge in [-0.2, -0.15) is 0 Å². The van der Waals surface area contributed by atoms with Gasteiger partial charge in [0.25, 0.3) is 0 Å². The number of carbonyl (C=O) groups excluding carboxylic acids is 1. The number of benzene rings is 1. The summed E-state index contributed by atoms with van der Waals surface area (Å²) < 4.78 is 0. The molecular weight excluding hydrogens is 336 g/mol. The largest absolute Gasteiger partial charge is 0.352 e. The molecule has 0 atom stereocenters. The van der Waals surface area contributed by atoms with Gasteiger partial charge in [0.1, 0.15) is 0 Å². The Labute approximate surface area is 162 Å². The van der Waals surface area contributed by atoms with Gasteiger partial charge >= 0.3 is 0 Å². The molecule has 1 aliphatic heterocycles. The zero-order chi connectivity index (χ0) is 19.4. The summed E-state index contributed by atoms with van der Waals surface area (Å²) in [4.78, 5) is 16.4. The molecule has 1 fully saturated rings. The molecule has 2 heterocycles. The second-order valence-corrected chi connectivity index (χ2v) is 7.50. The van der Waals surface area contributed by atoms with Gasteiger partial charge in [-0.1, -0.05) is 19.4 Å². The van der Waals surface area contributed by atoms with Gasteiger partial charge in [0, 0.05) is 38.2 Å². The fraction of sp³-hybridized carbons (Fsp3) is 0.500. The van der Waals surface area contributed by atoms with Crippen LogP contribution < -0.4 is 4.90 Å². The number of nitrogens with zero attached hydrogens (tertiary/aromatic N) is 4. The SMILES string of the molecule is CCCCC(=O)N1CCN(c2ccc(-c3cc(C)c(C)cc3C)nn2)CC1. The Morgan fingerprint density at radius 3 is 2.30 bits per heavy atom. The van der Waals surface area contributed by atoms with Gasteiger partial charge in [-0.05, 0) is 62.1 Å². The number of aryl methyl sites for hydroxylation is 3. The van der Waals surface area contributed by atoms with Crippen LogP contribution in [0.5, 0.6) is 0 Å². The van der Waals surface area contributed by atoms with Crippen molar-refractivity contribution in [2.24, 2.45) is 0 Å². The maximum absolute atomic E-state index is 12.2. The van der Waals surface area contributed by atoms with Crippen molar-refractivity contribution in [3.63, 3.8) is 0 Å². The van der Waals surface area contributed by atoms with Crippen LogP contribution in [0.15, 0.2) is 24.3 Å². The molecule has 5 nitrogen and oxygen atoms in total. The van der Waals surface area contributed by atoms with E-state index in [1.165, 1.54) is 16.7 Å². The Kier molecular flexibility index (Phi) is 6.09.